The van der Waals surface area contributed by atoms with Crippen molar-refractivity contribution >= 4 is 14.7 Å². The van der Waals surface area contributed by atoms with Crippen molar-refractivity contribution < 1.29 is 0 Å². The van der Waals surface area contributed by atoms with Gasteiger partial charge in [-0.2, -0.15) is 0 Å². The van der Waals surface area contributed by atoms with Crippen molar-refractivity contribution in [3.05, 3.63) is 137 Å². The number of unbranched alkanes of at least 4 members (excludes halogenated alkanes) is 2. The van der Waals surface area contributed by atoms with Gasteiger partial charge in [0.25, 0.3) is 0 Å². The summed E-state index contributed by atoms with van der Waals surface area (Å²) in [7, 11) is 0.668. The van der Waals surface area contributed by atoms with Crippen molar-refractivity contribution in [3.63, 3.8) is 0 Å². The van der Waals surface area contributed by atoms with Gasteiger partial charge in [-0.3, -0.25) is 0 Å². The molecule has 0 saturated carbocycles. The van der Waals surface area contributed by atoms with Crippen LogP contribution in [-0.4, -0.2) is 9.52 Å². The lowest BCUT2D eigenvalue weighted by Crippen LogP contribution is -2.20. The predicted molar refractivity (Wildman–Crippen MR) is 171 cm³/mol. The van der Waals surface area contributed by atoms with Gasteiger partial charge in [0.2, 0.25) is 0 Å². The first kappa shape index (κ1) is 27.2. The third-order valence-electron chi connectivity index (χ3n) is 7.76. The van der Waals surface area contributed by atoms with Gasteiger partial charge in [-0.05, 0) is 83.0 Å². The molecule has 1 heteroatoms. The highest BCUT2D eigenvalue weighted by atomic mass is 28.2. The fourth-order valence-electron chi connectivity index (χ4n) is 5.48. The highest BCUT2D eigenvalue weighted by Gasteiger charge is 2.18. The molecule has 0 nitrogen and oxygen atoms in total. The summed E-state index contributed by atoms with van der Waals surface area (Å²) < 4.78 is 0. The molecule has 196 valence electrons. The number of aryl methyl sites for hydroxylation is 2. The maximum atomic E-state index is 2.36. The molecule has 4 aromatic carbocycles. The van der Waals surface area contributed by atoms with Crippen molar-refractivity contribution in [2.24, 2.45) is 0 Å². The molecule has 0 unspecified atom stereocenters. The smallest absolute Gasteiger partial charge is 0.0806 e. The van der Waals surface area contributed by atoms with Gasteiger partial charge < -0.3 is 0 Å². The third-order valence-corrected chi connectivity index (χ3v) is 9.27. The van der Waals surface area contributed by atoms with Gasteiger partial charge in [-0.15, -0.1) is 0 Å². The van der Waals surface area contributed by atoms with Crippen LogP contribution in [0.1, 0.15) is 62.6 Å². The number of hydrogen-bond acceptors (Lipinski definition) is 0. The van der Waals surface area contributed by atoms with Crippen molar-refractivity contribution in [2.45, 2.75) is 65.2 Å². The monoisotopic (exact) mass is 524 g/mol. The highest BCUT2D eigenvalue weighted by Crippen LogP contribution is 2.33. The van der Waals surface area contributed by atoms with Crippen molar-refractivity contribution in [1.29, 1.82) is 0 Å². The van der Waals surface area contributed by atoms with Crippen LogP contribution in [0.15, 0.2) is 120 Å². The van der Waals surface area contributed by atoms with Gasteiger partial charge in [0.05, 0.1) is 0 Å². The molecule has 1 aliphatic carbocycles. The number of benzene rings is 4. The first-order chi connectivity index (χ1) is 19.2. The molecule has 0 aromatic heterocycles. The molecule has 0 spiro atoms. The molecule has 0 bridgehead atoms. The van der Waals surface area contributed by atoms with Crippen molar-refractivity contribution in [1.82, 2.24) is 0 Å². The molecular formula is C38H40Si. The van der Waals surface area contributed by atoms with Crippen LogP contribution in [0.4, 0.5) is 0 Å². The first-order valence-electron chi connectivity index (χ1n) is 14.8. The molecule has 0 aliphatic heterocycles. The van der Waals surface area contributed by atoms with Gasteiger partial charge in [0, 0.05) is 0 Å². The van der Waals surface area contributed by atoms with Gasteiger partial charge in [0.1, 0.15) is 9.52 Å². The summed E-state index contributed by atoms with van der Waals surface area (Å²) in [5.41, 5.74) is 11.2. The van der Waals surface area contributed by atoms with Crippen LogP contribution in [0.5, 0.6) is 0 Å². The summed E-state index contributed by atoms with van der Waals surface area (Å²) in [5, 5.41) is 3.03. The van der Waals surface area contributed by atoms with Gasteiger partial charge in [-0.25, -0.2) is 0 Å². The summed E-state index contributed by atoms with van der Waals surface area (Å²) in [6.45, 7) is 4.53. The quantitative estimate of drug-likeness (QED) is 0.162. The van der Waals surface area contributed by atoms with E-state index in [0.717, 1.165) is 25.7 Å². The van der Waals surface area contributed by atoms with Gasteiger partial charge >= 0.3 is 0 Å². The van der Waals surface area contributed by atoms with Crippen LogP contribution in [0.2, 0.25) is 0 Å². The number of rotatable bonds is 12. The molecule has 5 rings (SSSR count). The molecular weight excluding hydrogens is 485 g/mol. The first-order valence-corrected chi connectivity index (χ1v) is 15.8. The number of allylic oxidation sites excluding steroid dienone is 4. The van der Waals surface area contributed by atoms with Crippen molar-refractivity contribution in [2.75, 3.05) is 0 Å². The highest BCUT2D eigenvalue weighted by molar-refractivity contribution is 6.63. The zero-order valence-electron chi connectivity index (χ0n) is 23.5. The van der Waals surface area contributed by atoms with E-state index >= 15 is 0 Å². The minimum atomic E-state index is 0.668. The minimum Gasteiger partial charge on any atom is -0.0806 e. The van der Waals surface area contributed by atoms with E-state index in [1.807, 2.05) is 0 Å². The van der Waals surface area contributed by atoms with Crippen LogP contribution in [0.3, 0.4) is 0 Å². The van der Waals surface area contributed by atoms with Crippen LogP contribution < -0.4 is 5.19 Å². The summed E-state index contributed by atoms with van der Waals surface area (Å²) in [6.07, 6.45) is 14.1. The van der Waals surface area contributed by atoms with E-state index in [4.69, 9.17) is 0 Å². The fourth-order valence-corrected chi connectivity index (χ4v) is 6.95. The Labute approximate surface area is 238 Å². The zero-order valence-corrected chi connectivity index (χ0v) is 24.5. The molecule has 1 aliphatic rings. The third kappa shape index (κ3) is 6.97. The molecule has 4 aromatic rings. The van der Waals surface area contributed by atoms with Crippen LogP contribution in [-0.2, 0) is 19.3 Å². The summed E-state index contributed by atoms with van der Waals surface area (Å²) >= 11 is 0. The Hall–Kier alpha value is -3.42. The Morgan fingerprint density at radius 2 is 1.26 bits per heavy atom. The maximum absolute atomic E-state index is 2.36. The molecule has 0 N–H and O–H groups in total. The second kappa shape index (κ2) is 13.6. The zero-order chi connectivity index (χ0) is 26.9. The summed E-state index contributed by atoms with van der Waals surface area (Å²) in [4.78, 5) is 0. The summed E-state index contributed by atoms with van der Waals surface area (Å²) in [5.74, 6) is 0. The van der Waals surface area contributed by atoms with Crippen LogP contribution in [0, 0.1) is 0 Å². The molecule has 0 atom stereocenters. The molecule has 2 radical (unpaired) electrons. The maximum Gasteiger partial charge on any atom is 0.117 e. The second-order valence-corrected chi connectivity index (χ2v) is 12.1. The lowest BCUT2D eigenvalue weighted by molar-refractivity contribution is 0.795. The minimum absolute atomic E-state index is 0.668. The van der Waals surface area contributed by atoms with Crippen LogP contribution in [0.25, 0.3) is 22.3 Å². The lowest BCUT2D eigenvalue weighted by Gasteiger charge is -2.18. The standard InChI is InChI=1S/C38H40Si/c1-3-5-12-29-20-24-32(25-21-29)35-17-11-19-37(38(35)33-26-22-30(23-27-33)13-6-4-2)39-36-18-10-16-34(36)28-31-14-8-7-9-15-31/h7-11,14-17,19-27H,3-6,12-13,18,28H2,1-2H3. The average molecular weight is 525 g/mol. The molecule has 0 heterocycles. The molecule has 0 amide bonds. The van der Waals surface area contributed by atoms with E-state index in [9.17, 15) is 0 Å². The van der Waals surface area contributed by atoms with E-state index in [-0.39, 0.29) is 0 Å². The predicted octanol–water partition coefficient (Wildman–Crippen LogP) is 9.49. The summed E-state index contributed by atoms with van der Waals surface area (Å²) in [6, 6.07) is 36.6. The molecule has 0 saturated heterocycles. The number of hydrogen-bond donors (Lipinski definition) is 0. The van der Waals surface area contributed by atoms with E-state index in [1.165, 1.54) is 75.4 Å². The van der Waals surface area contributed by atoms with E-state index in [2.05, 4.69) is 123 Å². The Bertz CT molecular complexity index is 1410. The Balaban J connectivity index is 1.52. The Morgan fingerprint density at radius 1 is 0.615 bits per heavy atom. The van der Waals surface area contributed by atoms with Crippen LogP contribution >= 0.6 is 0 Å². The molecule has 39 heavy (non-hydrogen) atoms. The molecule has 0 fully saturated rings. The normalized spacial score (nSPS) is 12.9. The second-order valence-electron chi connectivity index (χ2n) is 10.7. The fraction of sp³-hybridized carbons (Fsp3) is 0.263. The van der Waals surface area contributed by atoms with Crippen molar-refractivity contribution in [3.8, 4) is 22.3 Å². The van der Waals surface area contributed by atoms with Gasteiger partial charge in [-0.1, -0.05) is 146 Å². The largest absolute Gasteiger partial charge is 0.117 e. The SMILES string of the molecule is CCCCc1ccc(-c2cccc([Si]C3=C(Cc4ccccc4)C=CC3)c2-c2ccc(CCCC)cc2)cc1. The average Bonchev–Trinajstić information content (AvgIpc) is 3.42. The lowest BCUT2D eigenvalue weighted by atomic mass is 9.92. The topological polar surface area (TPSA) is 0 Å². The van der Waals surface area contributed by atoms with E-state index < -0.39 is 0 Å². The van der Waals surface area contributed by atoms with E-state index in [1.54, 1.807) is 5.20 Å². The van der Waals surface area contributed by atoms with E-state index in [0.29, 0.717) is 9.52 Å². The Morgan fingerprint density at radius 3 is 1.90 bits per heavy atom. The van der Waals surface area contributed by atoms with Gasteiger partial charge in [0.15, 0.2) is 0 Å². The Kier molecular flexibility index (Phi) is 9.46.